The molecular formula is C15H19BrN2O3S. The smallest absolute Gasteiger partial charge is 0.242 e. The second kappa shape index (κ2) is 6.20. The third-order valence-electron chi connectivity index (χ3n) is 4.37. The Balaban J connectivity index is 1.84. The van der Waals surface area contributed by atoms with Gasteiger partial charge in [0.15, 0.2) is 0 Å². The molecule has 1 saturated carbocycles. The van der Waals surface area contributed by atoms with Crippen LogP contribution in [0, 0.1) is 5.92 Å². The van der Waals surface area contributed by atoms with Crippen LogP contribution in [0.2, 0.25) is 0 Å². The Kier molecular flexibility index (Phi) is 4.45. The van der Waals surface area contributed by atoms with E-state index in [2.05, 4.69) is 20.7 Å². The molecule has 0 atom stereocenters. The molecule has 120 valence electrons. The molecule has 5 nitrogen and oxygen atoms in total. The Hall–Kier alpha value is -1.08. The van der Waals surface area contributed by atoms with Gasteiger partial charge in [0.2, 0.25) is 15.9 Å². The van der Waals surface area contributed by atoms with Crippen LogP contribution < -0.4 is 9.62 Å². The molecule has 1 aliphatic carbocycles. The van der Waals surface area contributed by atoms with E-state index in [9.17, 15) is 13.2 Å². The fraction of sp³-hybridized carbons (Fsp3) is 0.533. The SMILES string of the molecule is O=C(C1CCCC1)N1CCc2ccc(NS(=O)(=O)CBr)cc21. The van der Waals surface area contributed by atoms with Gasteiger partial charge in [-0.25, -0.2) is 8.42 Å². The Morgan fingerprint density at radius 3 is 2.73 bits per heavy atom. The van der Waals surface area contributed by atoms with Gasteiger partial charge in [-0.1, -0.05) is 34.8 Å². The molecule has 3 rings (SSSR count). The molecule has 1 N–H and O–H groups in total. The van der Waals surface area contributed by atoms with Crippen LogP contribution in [0.5, 0.6) is 0 Å². The van der Waals surface area contributed by atoms with Crippen molar-refractivity contribution >= 4 is 43.2 Å². The summed E-state index contributed by atoms with van der Waals surface area (Å²) in [7, 11) is -3.38. The number of alkyl halides is 1. The van der Waals surface area contributed by atoms with E-state index < -0.39 is 10.0 Å². The minimum atomic E-state index is -3.38. The minimum absolute atomic E-state index is 0.133. The quantitative estimate of drug-likeness (QED) is 0.808. The van der Waals surface area contributed by atoms with Crippen LogP contribution in [0.3, 0.4) is 0 Å². The number of halogens is 1. The molecule has 22 heavy (non-hydrogen) atoms. The van der Waals surface area contributed by atoms with Crippen LogP contribution in [0.4, 0.5) is 11.4 Å². The third kappa shape index (κ3) is 3.15. The predicted molar refractivity (Wildman–Crippen MR) is 90.8 cm³/mol. The lowest BCUT2D eigenvalue weighted by Crippen LogP contribution is -2.33. The van der Waals surface area contributed by atoms with Crippen LogP contribution >= 0.6 is 15.9 Å². The number of hydrogen-bond donors (Lipinski definition) is 1. The van der Waals surface area contributed by atoms with Gasteiger partial charge < -0.3 is 4.90 Å². The first-order chi connectivity index (χ1) is 10.5. The van der Waals surface area contributed by atoms with E-state index >= 15 is 0 Å². The van der Waals surface area contributed by atoms with Gasteiger partial charge in [-0.2, -0.15) is 0 Å². The largest absolute Gasteiger partial charge is 0.312 e. The summed E-state index contributed by atoms with van der Waals surface area (Å²) < 4.78 is 25.7. The summed E-state index contributed by atoms with van der Waals surface area (Å²) in [6, 6.07) is 5.43. The van der Waals surface area contributed by atoms with E-state index in [1.165, 1.54) is 0 Å². The summed E-state index contributed by atoms with van der Waals surface area (Å²) in [5.41, 5.74) is 2.46. The highest BCUT2D eigenvalue weighted by molar-refractivity contribution is 9.10. The van der Waals surface area contributed by atoms with Gasteiger partial charge >= 0.3 is 0 Å². The van der Waals surface area contributed by atoms with Gasteiger partial charge in [0.1, 0.15) is 4.66 Å². The summed E-state index contributed by atoms with van der Waals surface area (Å²) in [6.45, 7) is 0.694. The first-order valence-electron chi connectivity index (χ1n) is 7.51. The van der Waals surface area contributed by atoms with Crippen molar-refractivity contribution in [3.63, 3.8) is 0 Å². The molecule has 0 aromatic heterocycles. The molecule has 1 heterocycles. The number of nitrogens with zero attached hydrogens (tertiary/aromatic N) is 1. The highest BCUT2D eigenvalue weighted by Crippen LogP contribution is 2.35. The number of sulfonamides is 1. The maximum atomic E-state index is 12.6. The van der Waals surface area contributed by atoms with E-state index in [4.69, 9.17) is 0 Å². The summed E-state index contributed by atoms with van der Waals surface area (Å²) in [4.78, 5) is 14.5. The number of benzene rings is 1. The topological polar surface area (TPSA) is 66.5 Å². The molecule has 1 aliphatic heterocycles. The van der Waals surface area contributed by atoms with Gasteiger partial charge in [-0.05, 0) is 37.0 Å². The number of hydrogen-bond acceptors (Lipinski definition) is 3. The van der Waals surface area contributed by atoms with Gasteiger partial charge in [-0.3, -0.25) is 9.52 Å². The average molecular weight is 387 g/mol. The van der Waals surface area contributed by atoms with Crippen molar-refractivity contribution in [1.29, 1.82) is 0 Å². The van der Waals surface area contributed by atoms with Crippen LogP contribution in [-0.4, -0.2) is 25.5 Å². The Bertz CT molecular complexity index is 684. The van der Waals surface area contributed by atoms with E-state index in [1.54, 1.807) is 12.1 Å². The molecule has 1 fully saturated rings. The molecule has 1 amide bonds. The molecule has 0 bridgehead atoms. The minimum Gasteiger partial charge on any atom is -0.312 e. The summed E-state index contributed by atoms with van der Waals surface area (Å²) in [6.07, 6.45) is 5.03. The van der Waals surface area contributed by atoms with Gasteiger partial charge in [0.05, 0.1) is 5.69 Å². The monoisotopic (exact) mass is 386 g/mol. The fourth-order valence-corrected chi connectivity index (χ4v) is 4.16. The maximum Gasteiger partial charge on any atom is 0.242 e. The van der Waals surface area contributed by atoms with Crippen molar-refractivity contribution in [1.82, 2.24) is 0 Å². The van der Waals surface area contributed by atoms with Crippen molar-refractivity contribution < 1.29 is 13.2 Å². The van der Waals surface area contributed by atoms with Crippen LogP contribution in [0.1, 0.15) is 31.2 Å². The standard InChI is InChI=1S/C15H19BrN2O3S/c16-10-22(20,21)17-13-6-5-11-7-8-18(14(11)9-13)15(19)12-3-1-2-4-12/h5-6,9,12,17H,1-4,7-8,10H2. The predicted octanol–water partition coefficient (Wildman–Crippen LogP) is 2.86. The molecule has 0 unspecified atom stereocenters. The van der Waals surface area contributed by atoms with E-state index in [1.807, 2.05) is 11.0 Å². The van der Waals surface area contributed by atoms with Crippen LogP contribution in [-0.2, 0) is 21.2 Å². The second-order valence-corrected chi connectivity index (χ2v) is 8.92. The highest BCUT2D eigenvalue weighted by atomic mass is 79.9. The summed E-state index contributed by atoms with van der Waals surface area (Å²) in [5.74, 6) is 0.325. The zero-order valence-corrected chi connectivity index (χ0v) is 14.6. The van der Waals surface area contributed by atoms with Crippen LogP contribution in [0.15, 0.2) is 18.2 Å². The Morgan fingerprint density at radius 2 is 2.05 bits per heavy atom. The Labute approximate surface area is 139 Å². The number of carbonyl (C=O) groups is 1. The second-order valence-electron chi connectivity index (χ2n) is 5.89. The zero-order valence-electron chi connectivity index (χ0n) is 12.2. The number of rotatable bonds is 4. The molecular weight excluding hydrogens is 368 g/mol. The number of amides is 1. The molecule has 7 heteroatoms. The number of anilines is 2. The van der Waals surface area contributed by atoms with Gasteiger partial charge in [0.25, 0.3) is 0 Å². The van der Waals surface area contributed by atoms with Crippen LogP contribution in [0.25, 0.3) is 0 Å². The van der Waals surface area contributed by atoms with Crippen molar-refractivity contribution in [2.75, 3.05) is 20.8 Å². The van der Waals surface area contributed by atoms with Crippen molar-refractivity contribution in [3.05, 3.63) is 23.8 Å². The van der Waals surface area contributed by atoms with E-state index in [0.29, 0.717) is 12.2 Å². The molecule has 1 aromatic carbocycles. The third-order valence-corrected chi connectivity index (χ3v) is 7.01. The average Bonchev–Trinajstić information content (AvgIpc) is 3.15. The van der Waals surface area contributed by atoms with Crippen molar-refractivity contribution in [3.8, 4) is 0 Å². The molecule has 2 aliphatic rings. The van der Waals surface area contributed by atoms with Gasteiger partial charge in [0, 0.05) is 18.2 Å². The summed E-state index contributed by atoms with van der Waals surface area (Å²) in [5, 5.41) is 0. The normalized spacial score (nSPS) is 18.5. The zero-order chi connectivity index (χ0) is 15.7. The Morgan fingerprint density at radius 1 is 1.32 bits per heavy atom. The lowest BCUT2D eigenvalue weighted by molar-refractivity contribution is -0.122. The van der Waals surface area contributed by atoms with Gasteiger partial charge in [-0.15, -0.1) is 0 Å². The van der Waals surface area contributed by atoms with Crippen molar-refractivity contribution in [2.45, 2.75) is 32.1 Å². The molecule has 1 aromatic rings. The molecule has 0 spiro atoms. The van der Waals surface area contributed by atoms with Crippen molar-refractivity contribution in [2.24, 2.45) is 5.92 Å². The lowest BCUT2D eigenvalue weighted by atomic mass is 10.1. The fourth-order valence-electron chi connectivity index (χ4n) is 3.27. The first kappa shape index (κ1) is 15.8. The highest BCUT2D eigenvalue weighted by Gasteiger charge is 2.32. The van der Waals surface area contributed by atoms with E-state index in [-0.39, 0.29) is 16.5 Å². The molecule has 0 saturated heterocycles. The number of carbonyl (C=O) groups excluding carboxylic acids is 1. The molecule has 0 radical (unpaired) electrons. The first-order valence-corrected chi connectivity index (χ1v) is 10.3. The summed E-state index contributed by atoms with van der Waals surface area (Å²) >= 11 is 2.96. The number of nitrogens with one attached hydrogen (secondary N) is 1. The maximum absolute atomic E-state index is 12.6. The lowest BCUT2D eigenvalue weighted by Gasteiger charge is -2.21. The number of fused-ring (bicyclic) bond motifs is 1. The van der Waals surface area contributed by atoms with E-state index in [0.717, 1.165) is 43.4 Å².